The number of nitrogens with zero attached hydrogens (tertiary/aromatic N) is 2. The van der Waals surface area contributed by atoms with Gasteiger partial charge in [-0.3, -0.25) is 4.68 Å². The smallest absolute Gasteiger partial charge is 0.115 e. The first-order valence-corrected chi connectivity index (χ1v) is 8.09. The van der Waals surface area contributed by atoms with E-state index in [1.54, 1.807) is 23.9 Å². The number of hydrogen-bond acceptors (Lipinski definition) is 3. The predicted octanol–water partition coefficient (Wildman–Crippen LogP) is 4.23. The Morgan fingerprint density at radius 2 is 1.95 bits per heavy atom. The molecule has 3 nitrogen and oxygen atoms in total. The lowest BCUT2D eigenvalue weighted by Crippen LogP contribution is -2.01. The third-order valence-corrected chi connectivity index (χ3v) is 4.85. The minimum absolute atomic E-state index is 0.303. The fourth-order valence-corrected chi connectivity index (χ4v) is 3.66. The largest absolute Gasteiger partial charge is 0.508 e. The summed E-state index contributed by atoms with van der Waals surface area (Å²) in [5, 5.41) is 13.9. The van der Waals surface area contributed by atoms with E-state index in [0.717, 1.165) is 33.8 Å². The van der Waals surface area contributed by atoms with Crippen LogP contribution in [0, 0.1) is 0 Å². The molecule has 0 aliphatic heterocycles. The van der Waals surface area contributed by atoms with Crippen LogP contribution in [0.5, 0.6) is 5.75 Å². The number of benzene rings is 1. The molecule has 0 aliphatic rings. The van der Waals surface area contributed by atoms with E-state index < -0.39 is 0 Å². The molecule has 0 amide bonds. The summed E-state index contributed by atoms with van der Waals surface area (Å²) >= 11 is 5.40. The van der Waals surface area contributed by atoms with Gasteiger partial charge in [-0.2, -0.15) is 5.10 Å². The highest BCUT2D eigenvalue weighted by atomic mass is 79.9. The Hall–Kier alpha value is -0.940. The van der Waals surface area contributed by atoms with Gasteiger partial charge in [-0.15, -0.1) is 11.8 Å². The molecule has 5 heteroatoms. The number of hydrogen-bond donors (Lipinski definition) is 1. The fraction of sp³-hybridized carbons (Fsp3) is 0.357. The van der Waals surface area contributed by atoms with E-state index in [4.69, 9.17) is 0 Å². The number of aromatic hydroxyl groups is 1. The van der Waals surface area contributed by atoms with Crippen molar-refractivity contribution < 1.29 is 5.11 Å². The van der Waals surface area contributed by atoms with Gasteiger partial charge in [0.1, 0.15) is 5.75 Å². The lowest BCUT2D eigenvalue weighted by atomic mass is 10.3. The van der Waals surface area contributed by atoms with Crippen molar-refractivity contribution in [2.75, 3.05) is 0 Å². The molecule has 102 valence electrons. The SMILES string of the molecule is CCc1nn(CC)c(CSc2ccc(O)cc2)c1Br. The molecule has 1 heterocycles. The van der Waals surface area contributed by atoms with Crippen molar-refractivity contribution in [1.29, 1.82) is 0 Å². The topological polar surface area (TPSA) is 38.0 Å². The van der Waals surface area contributed by atoms with Gasteiger partial charge in [0.25, 0.3) is 0 Å². The van der Waals surface area contributed by atoms with Gasteiger partial charge in [-0.05, 0) is 53.5 Å². The monoisotopic (exact) mass is 340 g/mol. The number of aromatic nitrogens is 2. The van der Waals surface area contributed by atoms with Gasteiger partial charge in [0.05, 0.1) is 15.9 Å². The summed E-state index contributed by atoms with van der Waals surface area (Å²) in [7, 11) is 0. The van der Waals surface area contributed by atoms with Gasteiger partial charge in [-0.25, -0.2) is 0 Å². The van der Waals surface area contributed by atoms with E-state index in [2.05, 4.69) is 39.6 Å². The summed E-state index contributed by atoms with van der Waals surface area (Å²) in [6.45, 7) is 5.10. The minimum atomic E-state index is 0.303. The average molecular weight is 341 g/mol. The van der Waals surface area contributed by atoms with Crippen molar-refractivity contribution in [3.63, 3.8) is 0 Å². The lowest BCUT2D eigenvalue weighted by molar-refractivity contribution is 0.475. The van der Waals surface area contributed by atoms with E-state index >= 15 is 0 Å². The van der Waals surface area contributed by atoms with Crippen LogP contribution in [0.4, 0.5) is 0 Å². The summed E-state index contributed by atoms with van der Waals surface area (Å²) in [5.74, 6) is 1.17. The predicted molar refractivity (Wildman–Crippen MR) is 82.6 cm³/mol. The Morgan fingerprint density at radius 3 is 2.53 bits per heavy atom. The highest BCUT2D eigenvalue weighted by Crippen LogP contribution is 2.30. The zero-order valence-corrected chi connectivity index (χ0v) is 13.5. The highest BCUT2D eigenvalue weighted by molar-refractivity contribution is 9.10. The third-order valence-electron chi connectivity index (χ3n) is 2.91. The van der Waals surface area contributed by atoms with Crippen LogP contribution in [0.1, 0.15) is 25.2 Å². The molecule has 0 bridgehead atoms. The van der Waals surface area contributed by atoms with E-state index in [0.29, 0.717) is 5.75 Å². The molecule has 0 unspecified atom stereocenters. The van der Waals surface area contributed by atoms with Gasteiger partial charge in [-0.1, -0.05) is 6.92 Å². The Bertz CT molecular complexity index is 551. The molecular formula is C14H17BrN2OS. The molecule has 1 N–H and O–H groups in total. The Kier molecular flexibility index (Phi) is 4.93. The Labute approximate surface area is 126 Å². The summed E-state index contributed by atoms with van der Waals surface area (Å²) < 4.78 is 3.18. The summed E-state index contributed by atoms with van der Waals surface area (Å²) in [6.07, 6.45) is 0.935. The number of rotatable bonds is 5. The van der Waals surface area contributed by atoms with Crippen LogP contribution < -0.4 is 0 Å². The minimum Gasteiger partial charge on any atom is -0.508 e. The molecule has 1 aromatic carbocycles. The first kappa shape index (κ1) is 14.5. The van der Waals surface area contributed by atoms with E-state index in [9.17, 15) is 5.11 Å². The lowest BCUT2D eigenvalue weighted by Gasteiger charge is -2.05. The van der Waals surface area contributed by atoms with E-state index in [-0.39, 0.29) is 0 Å². The molecule has 0 atom stereocenters. The normalized spacial score (nSPS) is 10.9. The first-order valence-electron chi connectivity index (χ1n) is 6.31. The Morgan fingerprint density at radius 1 is 1.26 bits per heavy atom. The van der Waals surface area contributed by atoms with Crippen molar-refractivity contribution >= 4 is 27.7 Å². The number of phenols is 1. The summed E-state index contributed by atoms with van der Waals surface area (Å²) in [6, 6.07) is 7.29. The highest BCUT2D eigenvalue weighted by Gasteiger charge is 2.13. The maximum Gasteiger partial charge on any atom is 0.115 e. The van der Waals surface area contributed by atoms with Crippen molar-refractivity contribution in [2.24, 2.45) is 0 Å². The molecule has 0 aliphatic carbocycles. The fourth-order valence-electron chi connectivity index (χ4n) is 1.85. The molecule has 0 saturated heterocycles. The van der Waals surface area contributed by atoms with Crippen LogP contribution in [0.2, 0.25) is 0 Å². The standard InChI is InChI=1S/C14H17BrN2OS/c1-3-12-14(15)13(17(4-2)16-12)9-19-11-7-5-10(18)6-8-11/h5-8,18H,3-4,9H2,1-2H3. The maximum atomic E-state index is 9.27. The molecule has 2 aromatic rings. The molecular weight excluding hydrogens is 324 g/mol. The van der Waals surface area contributed by atoms with Crippen molar-refractivity contribution in [3.05, 3.63) is 40.1 Å². The molecule has 2 rings (SSSR count). The quantitative estimate of drug-likeness (QED) is 0.828. The maximum absolute atomic E-state index is 9.27. The summed E-state index contributed by atoms with van der Waals surface area (Å²) in [4.78, 5) is 1.15. The van der Waals surface area contributed by atoms with Crippen LogP contribution in [0.25, 0.3) is 0 Å². The zero-order chi connectivity index (χ0) is 13.8. The van der Waals surface area contributed by atoms with Gasteiger partial charge in [0.2, 0.25) is 0 Å². The van der Waals surface area contributed by atoms with Gasteiger partial charge < -0.3 is 5.11 Å². The third kappa shape index (κ3) is 3.34. The number of halogens is 1. The van der Waals surface area contributed by atoms with Gasteiger partial charge >= 0.3 is 0 Å². The number of thioether (sulfide) groups is 1. The second-order valence-electron chi connectivity index (χ2n) is 4.16. The van der Waals surface area contributed by atoms with Crippen molar-refractivity contribution in [3.8, 4) is 5.75 Å². The van der Waals surface area contributed by atoms with Gasteiger partial charge in [0.15, 0.2) is 0 Å². The number of aryl methyl sites for hydroxylation is 2. The van der Waals surface area contributed by atoms with Crippen LogP contribution in [-0.2, 0) is 18.7 Å². The van der Waals surface area contributed by atoms with Crippen LogP contribution in [-0.4, -0.2) is 14.9 Å². The zero-order valence-electron chi connectivity index (χ0n) is 11.1. The number of phenolic OH excluding ortho intramolecular Hbond substituents is 1. The molecule has 1 aromatic heterocycles. The van der Waals surface area contributed by atoms with Crippen molar-refractivity contribution in [1.82, 2.24) is 9.78 Å². The molecule has 19 heavy (non-hydrogen) atoms. The second-order valence-corrected chi connectivity index (χ2v) is 6.00. The molecule has 0 saturated carbocycles. The average Bonchev–Trinajstić information content (AvgIpc) is 2.74. The van der Waals surface area contributed by atoms with Crippen LogP contribution in [0.15, 0.2) is 33.6 Å². The second kappa shape index (κ2) is 6.48. The molecule has 0 spiro atoms. The first-order chi connectivity index (χ1) is 9.15. The van der Waals surface area contributed by atoms with E-state index in [1.807, 2.05) is 12.1 Å². The Balaban J connectivity index is 2.14. The van der Waals surface area contributed by atoms with Crippen LogP contribution >= 0.6 is 27.7 Å². The molecule has 0 radical (unpaired) electrons. The van der Waals surface area contributed by atoms with Gasteiger partial charge in [0, 0.05) is 17.2 Å². The summed E-state index contributed by atoms with van der Waals surface area (Å²) in [5.41, 5.74) is 2.33. The van der Waals surface area contributed by atoms with Crippen LogP contribution in [0.3, 0.4) is 0 Å². The van der Waals surface area contributed by atoms with Crippen molar-refractivity contribution in [2.45, 2.75) is 37.5 Å². The molecule has 0 fully saturated rings. The van der Waals surface area contributed by atoms with E-state index in [1.165, 1.54) is 5.69 Å².